The van der Waals surface area contributed by atoms with E-state index in [1.807, 2.05) is 22.9 Å². The van der Waals surface area contributed by atoms with Crippen LogP contribution in [0.1, 0.15) is 36.1 Å². The Kier molecular flexibility index (Phi) is 5.24. The maximum absolute atomic E-state index is 12.1. The van der Waals surface area contributed by atoms with Gasteiger partial charge in [-0.3, -0.25) is 9.59 Å². The second kappa shape index (κ2) is 7.43. The Hall–Kier alpha value is -2.45. The number of nitrogens with zero attached hydrogens (tertiary/aromatic N) is 4. The second-order valence-corrected chi connectivity index (χ2v) is 6.91. The van der Waals surface area contributed by atoms with Crippen molar-refractivity contribution in [2.75, 3.05) is 39.3 Å². The smallest absolute Gasteiger partial charge is 0.242 e. The molecular formula is C18H25N5O3. The number of amides is 2. The summed E-state index contributed by atoms with van der Waals surface area (Å²) in [5, 5.41) is 0. The summed E-state index contributed by atoms with van der Waals surface area (Å²) in [5.41, 5.74) is 9.17. The van der Waals surface area contributed by atoms with Crippen LogP contribution in [-0.2, 0) is 14.3 Å². The summed E-state index contributed by atoms with van der Waals surface area (Å²) < 4.78 is 7.01. The predicted molar refractivity (Wildman–Crippen MR) is 98.1 cm³/mol. The van der Waals surface area contributed by atoms with Crippen molar-refractivity contribution in [2.45, 2.75) is 24.8 Å². The molecular weight excluding hydrogens is 334 g/mol. The van der Waals surface area contributed by atoms with Gasteiger partial charge in [0.15, 0.2) is 5.65 Å². The van der Waals surface area contributed by atoms with Crippen molar-refractivity contribution in [3.8, 4) is 0 Å². The molecule has 0 radical (unpaired) electrons. The summed E-state index contributed by atoms with van der Waals surface area (Å²) in [6.07, 6.45) is 6.84. The highest BCUT2D eigenvalue weighted by Crippen LogP contribution is 2.41. The number of likely N-dealkylation sites (N-methyl/N-ethyl adjacent to an activating group) is 1. The van der Waals surface area contributed by atoms with Gasteiger partial charge in [0.25, 0.3) is 0 Å². The number of hydrogen-bond donors (Lipinski definition) is 1. The maximum Gasteiger partial charge on any atom is 0.242 e. The number of hydrogen-bond acceptors (Lipinski definition) is 5. The average molecular weight is 359 g/mol. The minimum atomic E-state index is -0.356. The molecule has 26 heavy (non-hydrogen) atoms. The van der Waals surface area contributed by atoms with Crippen LogP contribution in [-0.4, -0.2) is 61.0 Å². The third kappa shape index (κ3) is 3.71. The van der Waals surface area contributed by atoms with E-state index < -0.39 is 0 Å². The number of methoxy groups -OCH3 is 1. The van der Waals surface area contributed by atoms with Crippen LogP contribution in [0.25, 0.3) is 5.65 Å². The van der Waals surface area contributed by atoms with Gasteiger partial charge >= 0.3 is 0 Å². The molecule has 1 saturated carbocycles. The molecule has 2 heterocycles. The number of imidazole rings is 1. The van der Waals surface area contributed by atoms with E-state index in [4.69, 9.17) is 10.5 Å². The number of carbonyl (C=O) groups excluding carboxylic acids is 2. The lowest BCUT2D eigenvalue weighted by atomic mass is 10.1. The summed E-state index contributed by atoms with van der Waals surface area (Å²) in [5.74, 6) is 0.338. The van der Waals surface area contributed by atoms with Crippen molar-refractivity contribution >= 4 is 23.7 Å². The van der Waals surface area contributed by atoms with Crippen LogP contribution in [0, 0.1) is 0 Å². The Morgan fingerprint density at radius 1 is 1.46 bits per heavy atom. The largest absolute Gasteiger partial charge is 0.383 e. The van der Waals surface area contributed by atoms with Gasteiger partial charge in [-0.05, 0) is 30.4 Å². The molecule has 140 valence electrons. The fourth-order valence-corrected chi connectivity index (χ4v) is 2.88. The first-order valence-corrected chi connectivity index (χ1v) is 8.63. The number of rotatable bonds is 8. The fraction of sp³-hybridized carbons (Fsp3) is 0.500. The van der Waals surface area contributed by atoms with Crippen LogP contribution in [0.4, 0.5) is 5.69 Å². The quantitative estimate of drug-likeness (QED) is 0.707. The summed E-state index contributed by atoms with van der Waals surface area (Å²) in [6, 6.07) is 1.60. The molecule has 3 rings (SSSR count). The highest BCUT2D eigenvalue weighted by molar-refractivity contribution is 5.92. The van der Waals surface area contributed by atoms with Crippen molar-refractivity contribution in [3.63, 3.8) is 0 Å². The van der Waals surface area contributed by atoms with Gasteiger partial charge in [0.05, 0.1) is 24.0 Å². The highest BCUT2D eigenvalue weighted by atomic mass is 16.5. The van der Waals surface area contributed by atoms with Gasteiger partial charge in [0, 0.05) is 33.6 Å². The molecule has 0 aliphatic heterocycles. The van der Waals surface area contributed by atoms with Crippen LogP contribution in [0.3, 0.4) is 0 Å². The zero-order valence-electron chi connectivity index (χ0n) is 15.4. The zero-order chi connectivity index (χ0) is 18.8. The first-order chi connectivity index (χ1) is 12.4. The number of anilines is 1. The number of fused-ring (bicyclic) bond motifs is 1. The van der Waals surface area contributed by atoms with Gasteiger partial charge in [-0.15, -0.1) is 0 Å². The lowest BCUT2D eigenvalue weighted by molar-refractivity contribution is -0.128. The zero-order valence-corrected chi connectivity index (χ0v) is 15.4. The molecule has 2 N–H and O–H groups in total. The van der Waals surface area contributed by atoms with Gasteiger partial charge in [-0.25, -0.2) is 4.98 Å². The van der Waals surface area contributed by atoms with Gasteiger partial charge in [0.2, 0.25) is 12.3 Å². The number of pyridine rings is 1. The topological polar surface area (TPSA) is 93.2 Å². The third-order valence-electron chi connectivity index (χ3n) is 4.59. The van der Waals surface area contributed by atoms with E-state index in [9.17, 15) is 9.59 Å². The van der Waals surface area contributed by atoms with Crippen molar-refractivity contribution in [1.82, 2.24) is 14.3 Å². The van der Waals surface area contributed by atoms with Gasteiger partial charge in [-0.1, -0.05) is 0 Å². The molecule has 0 spiro atoms. The molecule has 1 unspecified atom stereocenters. The molecule has 0 aromatic carbocycles. The molecule has 2 amide bonds. The Bertz CT molecular complexity index is 813. The summed E-state index contributed by atoms with van der Waals surface area (Å²) in [4.78, 5) is 31.3. The number of nitrogens with two attached hydrogens (primary N) is 1. The van der Waals surface area contributed by atoms with Crippen molar-refractivity contribution in [3.05, 3.63) is 29.7 Å². The SMILES string of the molecule is COCC(N)c1cn2cc(C3CC3)cc(N(C=O)CC(=O)N(C)C)c2n1. The lowest BCUT2D eigenvalue weighted by Gasteiger charge is -2.20. The maximum atomic E-state index is 12.1. The average Bonchev–Trinajstić information content (AvgIpc) is 3.37. The molecule has 8 heteroatoms. The van der Waals surface area contributed by atoms with E-state index in [1.54, 1.807) is 21.2 Å². The molecule has 0 saturated heterocycles. The van der Waals surface area contributed by atoms with Crippen LogP contribution in [0.5, 0.6) is 0 Å². The Morgan fingerprint density at radius 3 is 2.77 bits per heavy atom. The van der Waals surface area contributed by atoms with Crippen LogP contribution in [0.2, 0.25) is 0 Å². The van der Waals surface area contributed by atoms with Crippen molar-refractivity contribution in [1.29, 1.82) is 0 Å². The Balaban J connectivity index is 2.05. The molecule has 0 bridgehead atoms. The minimum absolute atomic E-state index is 0.0351. The van der Waals surface area contributed by atoms with E-state index in [2.05, 4.69) is 4.98 Å². The highest BCUT2D eigenvalue weighted by Gasteiger charge is 2.27. The van der Waals surface area contributed by atoms with Gasteiger partial charge in [-0.2, -0.15) is 0 Å². The summed E-state index contributed by atoms with van der Waals surface area (Å²) in [6.45, 7) is 0.317. The third-order valence-corrected chi connectivity index (χ3v) is 4.59. The monoisotopic (exact) mass is 359 g/mol. The molecule has 1 atom stereocenters. The van der Waals surface area contributed by atoms with Gasteiger partial charge < -0.3 is 24.7 Å². The first-order valence-electron chi connectivity index (χ1n) is 8.63. The summed E-state index contributed by atoms with van der Waals surface area (Å²) in [7, 11) is 4.92. The van der Waals surface area contributed by atoms with E-state index >= 15 is 0 Å². The molecule has 1 aliphatic rings. The summed E-state index contributed by atoms with van der Waals surface area (Å²) >= 11 is 0. The number of aromatic nitrogens is 2. The molecule has 8 nitrogen and oxygen atoms in total. The predicted octanol–water partition coefficient (Wildman–Crippen LogP) is 0.909. The van der Waals surface area contributed by atoms with E-state index in [0.717, 1.165) is 18.4 Å². The van der Waals surface area contributed by atoms with Crippen molar-refractivity contribution < 1.29 is 14.3 Å². The first kappa shape index (κ1) is 18.3. The van der Waals surface area contributed by atoms with Gasteiger partial charge in [0.1, 0.15) is 6.54 Å². The molecule has 2 aromatic heterocycles. The van der Waals surface area contributed by atoms with E-state index in [1.165, 1.54) is 9.80 Å². The lowest BCUT2D eigenvalue weighted by Crippen LogP contribution is -2.36. The van der Waals surface area contributed by atoms with Crippen molar-refractivity contribution in [2.24, 2.45) is 5.73 Å². The number of ether oxygens (including phenoxy) is 1. The van der Waals surface area contributed by atoms with Crippen LogP contribution < -0.4 is 10.6 Å². The Morgan fingerprint density at radius 2 is 2.19 bits per heavy atom. The normalized spacial score (nSPS) is 15.1. The van der Waals surface area contributed by atoms with E-state index in [-0.39, 0.29) is 18.5 Å². The molecule has 1 fully saturated rings. The van der Waals surface area contributed by atoms with E-state index in [0.29, 0.717) is 36.0 Å². The minimum Gasteiger partial charge on any atom is -0.383 e. The number of carbonyl (C=O) groups is 2. The Labute approximate surface area is 152 Å². The molecule has 2 aromatic rings. The van der Waals surface area contributed by atoms with Crippen LogP contribution >= 0.6 is 0 Å². The standard InChI is InChI=1S/C18H25N5O3/c1-21(2)17(25)9-23(11-24)16-6-13(12-4-5-12)7-22-8-15(20-18(16)22)14(19)10-26-3/h6-8,11-12,14H,4-5,9-10,19H2,1-3H3. The second-order valence-electron chi connectivity index (χ2n) is 6.91. The fourth-order valence-electron chi connectivity index (χ4n) is 2.88. The molecule has 1 aliphatic carbocycles. The van der Waals surface area contributed by atoms with Crippen LogP contribution in [0.15, 0.2) is 18.5 Å².